The van der Waals surface area contributed by atoms with Crippen LogP contribution in [0.2, 0.25) is 0 Å². The maximum atomic E-state index is 5.74. The topological polar surface area (TPSA) is 21.3 Å². The molecule has 2 rings (SSSR count). The summed E-state index contributed by atoms with van der Waals surface area (Å²) in [6.45, 7) is 6.74. The highest BCUT2D eigenvalue weighted by molar-refractivity contribution is 4.84. The maximum absolute atomic E-state index is 5.74. The Kier molecular flexibility index (Phi) is 6.66. The van der Waals surface area contributed by atoms with Crippen molar-refractivity contribution in [1.82, 2.24) is 5.32 Å². The van der Waals surface area contributed by atoms with E-state index in [2.05, 4.69) is 19.2 Å². The normalized spacial score (nSPS) is 35.7. The first kappa shape index (κ1) is 15.3. The van der Waals surface area contributed by atoms with E-state index in [1.165, 1.54) is 57.8 Å². The summed E-state index contributed by atoms with van der Waals surface area (Å²) >= 11 is 0. The third-order valence-corrected chi connectivity index (χ3v) is 5.26. The van der Waals surface area contributed by atoms with E-state index < -0.39 is 0 Å². The highest BCUT2D eigenvalue weighted by atomic mass is 16.5. The Morgan fingerprint density at radius 2 is 2.00 bits per heavy atom. The molecule has 4 atom stereocenters. The van der Waals surface area contributed by atoms with Crippen LogP contribution in [0.25, 0.3) is 0 Å². The third kappa shape index (κ3) is 4.75. The summed E-state index contributed by atoms with van der Waals surface area (Å²) in [4.78, 5) is 0. The van der Waals surface area contributed by atoms with Crippen LogP contribution in [0, 0.1) is 11.8 Å². The second-order valence-electron chi connectivity index (χ2n) is 6.58. The molecular formula is C17H33NO. The zero-order valence-corrected chi connectivity index (χ0v) is 13.0. The lowest BCUT2D eigenvalue weighted by Gasteiger charge is -2.36. The van der Waals surface area contributed by atoms with Crippen LogP contribution < -0.4 is 5.32 Å². The van der Waals surface area contributed by atoms with Crippen molar-refractivity contribution in [2.24, 2.45) is 11.8 Å². The molecule has 0 spiro atoms. The van der Waals surface area contributed by atoms with Gasteiger partial charge in [0.15, 0.2) is 0 Å². The monoisotopic (exact) mass is 267 g/mol. The molecule has 1 N–H and O–H groups in total. The summed E-state index contributed by atoms with van der Waals surface area (Å²) in [6, 6.07) is 0.789. The zero-order chi connectivity index (χ0) is 13.5. The molecule has 1 saturated carbocycles. The molecule has 1 saturated heterocycles. The number of nitrogens with one attached hydrogen (secondary N) is 1. The molecule has 2 aliphatic rings. The van der Waals surface area contributed by atoms with Gasteiger partial charge in [-0.25, -0.2) is 0 Å². The number of ether oxygens (including phenoxy) is 1. The lowest BCUT2D eigenvalue weighted by molar-refractivity contribution is 0.0975. The van der Waals surface area contributed by atoms with Gasteiger partial charge in [-0.3, -0.25) is 0 Å². The van der Waals surface area contributed by atoms with Gasteiger partial charge in [-0.15, -0.1) is 0 Å². The molecule has 0 radical (unpaired) electrons. The summed E-state index contributed by atoms with van der Waals surface area (Å²) in [5, 5.41) is 3.73. The lowest BCUT2D eigenvalue weighted by Crippen LogP contribution is -2.40. The van der Waals surface area contributed by atoms with Crippen molar-refractivity contribution in [3.8, 4) is 0 Å². The van der Waals surface area contributed by atoms with E-state index in [0.717, 1.165) is 31.0 Å². The Labute approximate surface area is 119 Å². The van der Waals surface area contributed by atoms with Gasteiger partial charge < -0.3 is 10.1 Å². The first-order valence-electron chi connectivity index (χ1n) is 8.68. The summed E-state index contributed by atoms with van der Waals surface area (Å²) in [5.41, 5.74) is 0. The van der Waals surface area contributed by atoms with E-state index >= 15 is 0 Å². The Bertz CT molecular complexity index is 237. The predicted molar refractivity (Wildman–Crippen MR) is 81.4 cm³/mol. The van der Waals surface area contributed by atoms with Gasteiger partial charge in [0.2, 0.25) is 0 Å². The van der Waals surface area contributed by atoms with Crippen molar-refractivity contribution in [3.05, 3.63) is 0 Å². The van der Waals surface area contributed by atoms with Gasteiger partial charge in [-0.05, 0) is 63.3 Å². The van der Waals surface area contributed by atoms with E-state index in [1.807, 2.05) is 0 Å². The van der Waals surface area contributed by atoms with Crippen molar-refractivity contribution in [2.45, 2.75) is 83.8 Å². The van der Waals surface area contributed by atoms with Gasteiger partial charge in [0.05, 0.1) is 6.10 Å². The van der Waals surface area contributed by atoms with Crippen molar-refractivity contribution in [1.29, 1.82) is 0 Å². The molecule has 112 valence electrons. The van der Waals surface area contributed by atoms with Crippen LogP contribution in [0.1, 0.15) is 71.6 Å². The van der Waals surface area contributed by atoms with E-state index in [4.69, 9.17) is 4.74 Å². The molecule has 1 aliphatic carbocycles. The van der Waals surface area contributed by atoms with Crippen molar-refractivity contribution >= 4 is 0 Å². The second kappa shape index (κ2) is 8.26. The van der Waals surface area contributed by atoms with Crippen LogP contribution in [0.15, 0.2) is 0 Å². The molecule has 0 bridgehead atoms. The summed E-state index contributed by atoms with van der Waals surface area (Å²) < 4.78 is 5.74. The van der Waals surface area contributed by atoms with Gasteiger partial charge in [0, 0.05) is 12.6 Å². The van der Waals surface area contributed by atoms with E-state index in [9.17, 15) is 0 Å². The fourth-order valence-electron chi connectivity index (χ4n) is 4.06. The third-order valence-electron chi connectivity index (χ3n) is 5.26. The van der Waals surface area contributed by atoms with E-state index in [-0.39, 0.29) is 0 Å². The average Bonchev–Trinajstić information content (AvgIpc) is 2.94. The fraction of sp³-hybridized carbons (Fsp3) is 1.00. The predicted octanol–water partition coefficient (Wildman–Crippen LogP) is 4.14. The summed E-state index contributed by atoms with van der Waals surface area (Å²) in [5.74, 6) is 1.91. The smallest absolute Gasteiger partial charge is 0.0576 e. The minimum Gasteiger partial charge on any atom is -0.378 e. The van der Waals surface area contributed by atoms with Crippen LogP contribution in [0.5, 0.6) is 0 Å². The minimum absolute atomic E-state index is 0.586. The quantitative estimate of drug-likeness (QED) is 0.748. The fourth-order valence-corrected chi connectivity index (χ4v) is 4.06. The standard InChI is InChI=1S/C17H33NO/c1-3-14-10-11-17(18-4-2)15(13-14)7-5-8-16-9-6-12-19-16/h14-18H,3-13H2,1-2H3. The van der Waals surface area contributed by atoms with Gasteiger partial charge in [0.25, 0.3) is 0 Å². The lowest BCUT2D eigenvalue weighted by atomic mass is 9.75. The molecule has 19 heavy (non-hydrogen) atoms. The largest absolute Gasteiger partial charge is 0.378 e. The van der Waals surface area contributed by atoms with Crippen LogP contribution in [0.3, 0.4) is 0 Å². The van der Waals surface area contributed by atoms with Crippen molar-refractivity contribution < 1.29 is 4.74 Å². The first-order chi connectivity index (χ1) is 9.33. The van der Waals surface area contributed by atoms with Gasteiger partial charge in [-0.2, -0.15) is 0 Å². The summed E-state index contributed by atoms with van der Waals surface area (Å²) in [6.07, 6.45) is 12.9. The summed E-state index contributed by atoms with van der Waals surface area (Å²) in [7, 11) is 0. The van der Waals surface area contributed by atoms with E-state index in [1.54, 1.807) is 0 Å². The molecule has 4 unspecified atom stereocenters. The van der Waals surface area contributed by atoms with Crippen molar-refractivity contribution in [2.75, 3.05) is 13.2 Å². The minimum atomic E-state index is 0.586. The Morgan fingerprint density at radius 3 is 2.68 bits per heavy atom. The van der Waals surface area contributed by atoms with Gasteiger partial charge in [0.1, 0.15) is 0 Å². The van der Waals surface area contributed by atoms with E-state index in [0.29, 0.717) is 6.10 Å². The highest BCUT2D eigenvalue weighted by Gasteiger charge is 2.29. The zero-order valence-electron chi connectivity index (χ0n) is 13.0. The van der Waals surface area contributed by atoms with Crippen molar-refractivity contribution in [3.63, 3.8) is 0 Å². The molecule has 0 amide bonds. The van der Waals surface area contributed by atoms with Crippen LogP contribution in [-0.4, -0.2) is 25.3 Å². The van der Waals surface area contributed by atoms with Crippen LogP contribution in [0.4, 0.5) is 0 Å². The molecule has 1 heterocycles. The van der Waals surface area contributed by atoms with Crippen LogP contribution in [-0.2, 0) is 4.74 Å². The Hall–Kier alpha value is -0.0800. The number of hydrogen-bond acceptors (Lipinski definition) is 2. The Balaban J connectivity index is 1.72. The SMILES string of the molecule is CCNC1CCC(CC)CC1CCCC1CCCO1. The van der Waals surface area contributed by atoms with Gasteiger partial charge >= 0.3 is 0 Å². The van der Waals surface area contributed by atoms with Gasteiger partial charge in [-0.1, -0.05) is 26.7 Å². The first-order valence-corrected chi connectivity index (χ1v) is 8.68. The second-order valence-corrected chi connectivity index (χ2v) is 6.58. The molecule has 2 fully saturated rings. The highest BCUT2D eigenvalue weighted by Crippen LogP contribution is 2.34. The maximum Gasteiger partial charge on any atom is 0.0576 e. The molecule has 2 heteroatoms. The molecule has 1 aliphatic heterocycles. The Morgan fingerprint density at radius 1 is 1.11 bits per heavy atom. The number of hydrogen-bond donors (Lipinski definition) is 1. The average molecular weight is 267 g/mol. The molecular weight excluding hydrogens is 234 g/mol. The molecule has 0 aromatic carbocycles. The number of rotatable bonds is 7. The van der Waals surface area contributed by atoms with Crippen LogP contribution >= 0.6 is 0 Å². The molecule has 0 aromatic rings. The molecule has 0 aromatic heterocycles. The molecule has 2 nitrogen and oxygen atoms in total.